The largest absolute Gasteiger partial charge is 0.387 e. The van der Waals surface area contributed by atoms with Crippen molar-refractivity contribution in [2.24, 2.45) is 5.10 Å². The summed E-state index contributed by atoms with van der Waals surface area (Å²) in [6.07, 6.45) is 11.1. The number of carbonyl (C=O) groups is 1. The summed E-state index contributed by atoms with van der Waals surface area (Å²) >= 11 is 0. The van der Waals surface area contributed by atoms with Crippen molar-refractivity contribution in [2.75, 3.05) is 81.8 Å². The summed E-state index contributed by atoms with van der Waals surface area (Å²) in [6.45, 7) is 4.57. The van der Waals surface area contributed by atoms with E-state index < -0.39 is 0 Å². The van der Waals surface area contributed by atoms with Crippen molar-refractivity contribution in [3.05, 3.63) is 41.8 Å². The fourth-order valence-electron chi connectivity index (χ4n) is 4.82. The summed E-state index contributed by atoms with van der Waals surface area (Å²) in [4.78, 5) is 15.8. The lowest BCUT2D eigenvalue weighted by Gasteiger charge is -2.35. The number of hydrogen-bond donors (Lipinski definition) is 1. The van der Waals surface area contributed by atoms with Gasteiger partial charge in [0.15, 0.2) is 5.82 Å². The van der Waals surface area contributed by atoms with Crippen LogP contribution in [0.3, 0.4) is 0 Å². The Morgan fingerprint density at radius 2 is 1.86 bits per heavy atom. The van der Waals surface area contributed by atoms with Crippen molar-refractivity contribution in [3.63, 3.8) is 0 Å². The molecule has 3 aliphatic rings. The highest BCUT2D eigenvalue weighted by atomic mass is 19.1. The summed E-state index contributed by atoms with van der Waals surface area (Å²) in [6, 6.07) is 1.93. The molecule has 1 aromatic rings. The predicted octanol–water partition coefficient (Wildman–Crippen LogP) is 3.04. The number of carbonyl (C=O) groups excluding carboxylic acids is 1. The topological polar surface area (TPSA) is 69.6 Å². The van der Waals surface area contributed by atoms with E-state index in [-0.39, 0.29) is 18.3 Å². The molecule has 2 aliphatic heterocycles. The number of hydrazone groups is 1. The van der Waals surface area contributed by atoms with E-state index in [4.69, 9.17) is 14.6 Å². The number of nitrogens with zero attached hydrogens (tertiary/aromatic N) is 4. The minimum Gasteiger partial charge on any atom is -0.387 e. The lowest BCUT2D eigenvalue weighted by molar-refractivity contribution is -0.106. The molecule has 0 saturated carbocycles. The highest BCUT2D eigenvalue weighted by molar-refractivity contribution is 6.14. The third-order valence-corrected chi connectivity index (χ3v) is 6.70. The van der Waals surface area contributed by atoms with Gasteiger partial charge in [0.1, 0.15) is 6.29 Å². The maximum absolute atomic E-state index is 16.4. The molecule has 1 atom stereocenters. The average molecular weight is 486 g/mol. The standard InChI is InChI=1S/C26H36FN5O3/c1-28-22-19-23(31-10-15-34-16-11-31)25(27)26(32-12-17-35-18-13-32)24(22)21(9-14-33)29-30(2)20-7-5-3-4-6-8-20/h3-5,7,14,19-20,28H,6,8-13,15-18H2,1-2H3/b29-21+. The normalized spacial score (nSPS) is 21.1. The van der Waals surface area contributed by atoms with Crippen molar-refractivity contribution < 1.29 is 18.7 Å². The first kappa shape index (κ1) is 25.2. The first-order valence-corrected chi connectivity index (χ1v) is 12.4. The van der Waals surface area contributed by atoms with E-state index in [2.05, 4.69) is 17.5 Å². The second-order valence-electron chi connectivity index (χ2n) is 8.88. The summed E-state index contributed by atoms with van der Waals surface area (Å²) in [5.41, 5.74) is 2.96. The number of anilines is 3. The Bertz CT molecular complexity index is 968. The third kappa shape index (κ3) is 5.85. The van der Waals surface area contributed by atoms with Gasteiger partial charge in [0.25, 0.3) is 0 Å². The van der Waals surface area contributed by atoms with Gasteiger partial charge >= 0.3 is 0 Å². The zero-order chi connectivity index (χ0) is 24.6. The molecule has 4 rings (SSSR count). The molecule has 9 heteroatoms. The average Bonchev–Trinajstić information content (AvgIpc) is 3.19. The molecule has 0 radical (unpaired) electrons. The van der Waals surface area contributed by atoms with Crippen LogP contribution in [-0.2, 0) is 14.3 Å². The monoisotopic (exact) mass is 485 g/mol. The molecule has 0 spiro atoms. The van der Waals surface area contributed by atoms with E-state index >= 15 is 4.39 Å². The molecule has 1 aliphatic carbocycles. The van der Waals surface area contributed by atoms with Crippen molar-refractivity contribution in [1.29, 1.82) is 0 Å². The highest BCUT2D eigenvalue weighted by Gasteiger charge is 2.29. The van der Waals surface area contributed by atoms with Gasteiger partial charge in [0.2, 0.25) is 0 Å². The van der Waals surface area contributed by atoms with Crippen molar-refractivity contribution >= 4 is 29.1 Å². The van der Waals surface area contributed by atoms with Crippen LogP contribution in [0.15, 0.2) is 35.5 Å². The Balaban J connectivity index is 1.83. The van der Waals surface area contributed by atoms with Gasteiger partial charge in [-0.2, -0.15) is 5.10 Å². The fourth-order valence-corrected chi connectivity index (χ4v) is 4.82. The van der Waals surface area contributed by atoms with Crippen LogP contribution < -0.4 is 15.1 Å². The van der Waals surface area contributed by atoms with Crippen LogP contribution in [0.5, 0.6) is 0 Å². The number of allylic oxidation sites excluding steroid dienone is 3. The molecular formula is C26H36FN5O3. The van der Waals surface area contributed by atoms with Crippen molar-refractivity contribution in [2.45, 2.75) is 25.3 Å². The van der Waals surface area contributed by atoms with Gasteiger partial charge in [0, 0.05) is 57.9 Å². The molecule has 35 heavy (non-hydrogen) atoms. The first-order valence-electron chi connectivity index (χ1n) is 12.4. The van der Waals surface area contributed by atoms with Gasteiger partial charge < -0.3 is 29.4 Å². The summed E-state index contributed by atoms with van der Waals surface area (Å²) < 4.78 is 27.4. The van der Waals surface area contributed by atoms with Gasteiger partial charge in [-0.1, -0.05) is 24.3 Å². The number of aldehydes is 1. The molecule has 190 valence electrons. The van der Waals surface area contributed by atoms with Crippen LogP contribution in [0.1, 0.15) is 24.8 Å². The molecule has 0 amide bonds. The number of hydrogen-bond acceptors (Lipinski definition) is 8. The Morgan fingerprint density at radius 1 is 1.17 bits per heavy atom. The second kappa shape index (κ2) is 12.2. The van der Waals surface area contributed by atoms with Gasteiger partial charge in [-0.25, -0.2) is 4.39 Å². The molecule has 2 heterocycles. The molecule has 1 unspecified atom stereocenters. The zero-order valence-electron chi connectivity index (χ0n) is 20.7. The number of ether oxygens (including phenoxy) is 2. The maximum Gasteiger partial charge on any atom is 0.170 e. The lowest BCUT2D eigenvalue weighted by atomic mass is 9.99. The smallest absolute Gasteiger partial charge is 0.170 e. The van der Waals surface area contributed by atoms with Crippen LogP contribution in [0, 0.1) is 5.82 Å². The minimum absolute atomic E-state index is 0.0847. The van der Waals surface area contributed by atoms with Crippen LogP contribution >= 0.6 is 0 Å². The summed E-state index contributed by atoms with van der Waals surface area (Å²) in [5, 5.41) is 10.0. The number of benzene rings is 1. The predicted molar refractivity (Wildman–Crippen MR) is 138 cm³/mol. The SMILES string of the molecule is CNc1cc(N2CCOCC2)c(F)c(N2CCOCC2)c1/C(CC=O)=N/N(C)C1C=CC=CCC1. The van der Waals surface area contributed by atoms with Crippen LogP contribution in [0.25, 0.3) is 0 Å². The van der Waals surface area contributed by atoms with Crippen molar-refractivity contribution in [1.82, 2.24) is 5.01 Å². The van der Waals surface area contributed by atoms with Gasteiger partial charge in [0.05, 0.1) is 49.6 Å². The molecule has 2 saturated heterocycles. The minimum atomic E-state index is -0.289. The Kier molecular flexibility index (Phi) is 8.76. The quantitative estimate of drug-likeness (QED) is 0.345. The third-order valence-electron chi connectivity index (χ3n) is 6.70. The fraction of sp³-hybridized carbons (Fsp3) is 0.538. The van der Waals surface area contributed by atoms with Gasteiger partial charge in [-0.3, -0.25) is 5.01 Å². The van der Waals surface area contributed by atoms with Gasteiger partial charge in [-0.15, -0.1) is 0 Å². The number of rotatable bonds is 8. The van der Waals surface area contributed by atoms with E-state index in [0.717, 1.165) is 24.8 Å². The zero-order valence-corrected chi connectivity index (χ0v) is 20.7. The number of morpholine rings is 2. The van der Waals surface area contributed by atoms with Crippen LogP contribution in [0.4, 0.5) is 21.5 Å². The number of halogens is 1. The molecular weight excluding hydrogens is 449 g/mol. The van der Waals surface area contributed by atoms with E-state index in [1.807, 2.05) is 47.1 Å². The molecule has 2 fully saturated rings. The molecule has 0 aromatic heterocycles. The molecule has 1 N–H and O–H groups in total. The number of nitrogens with one attached hydrogen (secondary N) is 1. The molecule has 8 nitrogen and oxygen atoms in total. The van der Waals surface area contributed by atoms with Crippen LogP contribution in [-0.4, -0.2) is 89.8 Å². The first-order chi connectivity index (χ1) is 17.1. The number of likely N-dealkylation sites (N-methyl/N-ethyl adjacent to an activating group) is 1. The highest BCUT2D eigenvalue weighted by Crippen LogP contribution is 2.39. The summed E-state index contributed by atoms with van der Waals surface area (Å²) in [7, 11) is 3.74. The van der Waals surface area contributed by atoms with Crippen LogP contribution in [0.2, 0.25) is 0 Å². The molecule has 1 aromatic carbocycles. The Labute approximate surface area is 207 Å². The molecule has 0 bridgehead atoms. The van der Waals surface area contributed by atoms with E-state index in [1.165, 1.54) is 0 Å². The second-order valence-corrected chi connectivity index (χ2v) is 8.88. The summed E-state index contributed by atoms with van der Waals surface area (Å²) in [5.74, 6) is -0.289. The van der Waals surface area contributed by atoms with E-state index in [0.29, 0.717) is 75.3 Å². The van der Waals surface area contributed by atoms with E-state index in [1.54, 1.807) is 0 Å². The maximum atomic E-state index is 16.4. The van der Waals surface area contributed by atoms with E-state index in [9.17, 15) is 4.79 Å². The Morgan fingerprint density at radius 3 is 2.51 bits per heavy atom. The van der Waals surface area contributed by atoms with Crippen molar-refractivity contribution in [3.8, 4) is 0 Å². The van der Waals surface area contributed by atoms with Gasteiger partial charge in [-0.05, 0) is 18.9 Å². The Hall–Kier alpha value is -2.91. The lowest BCUT2D eigenvalue weighted by Crippen LogP contribution is -2.40.